The lowest BCUT2D eigenvalue weighted by Crippen LogP contribution is -2.47. The van der Waals surface area contributed by atoms with Crippen LogP contribution in [0.2, 0.25) is 5.02 Å². The molecule has 1 fully saturated rings. The van der Waals surface area contributed by atoms with Gasteiger partial charge in [0, 0.05) is 42.0 Å². The summed E-state index contributed by atoms with van der Waals surface area (Å²) in [7, 11) is 2.09. The summed E-state index contributed by atoms with van der Waals surface area (Å²) in [5, 5.41) is 11.3. The Balaban J connectivity index is 1.77. The van der Waals surface area contributed by atoms with Gasteiger partial charge in [0.25, 0.3) is 0 Å². The van der Waals surface area contributed by atoms with Crippen molar-refractivity contribution >= 4 is 23.4 Å². The Morgan fingerprint density at radius 2 is 2.40 bits per heavy atom. The minimum absolute atomic E-state index is 0.213. The van der Waals surface area contributed by atoms with E-state index < -0.39 is 0 Å². The van der Waals surface area contributed by atoms with Gasteiger partial charge in [-0.1, -0.05) is 11.6 Å². The number of nitrogens with zero attached hydrogens (tertiary/aromatic N) is 1. The minimum Gasteiger partial charge on any atom is -0.493 e. The van der Waals surface area contributed by atoms with E-state index in [0.29, 0.717) is 6.42 Å². The smallest absolute Gasteiger partial charge is 0.126 e. The fourth-order valence-corrected chi connectivity index (χ4v) is 4.53. The number of fused-ring (bicyclic) bond motifs is 1. The van der Waals surface area contributed by atoms with E-state index in [2.05, 4.69) is 11.9 Å². The number of aliphatic hydroxyl groups excluding tert-OH is 1. The van der Waals surface area contributed by atoms with E-state index in [1.54, 1.807) is 0 Å². The lowest BCUT2D eigenvalue weighted by atomic mass is 9.99. The first kappa shape index (κ1) is 14.5. The summed E-state index contributed by atoms with van der Waals surface area (Å²) in [4.78, 5) is 2.26. The monoisotopic (exact) mass is 313 g/mol. The highest BCUT2D eigenvalue weighted by atomic mass is 35.5. The second-order valence-corrected chi connectivity index (χ2v) is 7.13. The van der Waals surface area contributed by atoms with Crippen LogP contribution < -0.4 is 4.74 Å². The summed E-state index contributed by atoms with van der Waals surface area (Å²) in [6, 6.07) is 4.12. The van der Waals surface area contributed by atoms with Gasteiger partial charge in [-0.3, -0.25) is 4.90 Å². The Hall–Kier alpha value is -0.420. The molecule has 2 aliphatic rings. The zero-order chi connectivity index (χ0) is 14.1. The number of ether oxygens (including phenoxy) is 1. The molecule has 20 heavy (non-hydrogen) atoms. The molecule has 0 aliphatic carbocycles. The maximum Gasteiger partial charge on any atom is 0.126 e. The molecule has 3 nitrogen and oxygen atoms in total. The molecule has 0 spiro atoms. The average Bonchev–Trinajstić information content (AvgIpc) is 2.87. The van der Waals surface area contributed by atoms with Gasteiger partial charge in [-0.25, -0.2) is 0 Å². The molecule has 1 saturated heterocycles. The van der Waals surface area contributed by atoms with Crippen molar-refractivity contribution in [2.75, 3.05) is 31.7 Å². The SMILES string of the molecule is CN1CCSCC1C(O)Cc1cc(Cl)cc2c1OCC2. The van der Waals surface area contributed by atoms with E-state index in [1.807, 2.05) is 23.9 Å². The second-order valence-electron chi connectivity index (χ2n) is 5.55. The molecule has 0 amide bonds. The number of likely N-dealkylation sites (N-methyl/N-ethyl adjacent to an activating group) is 1. The molecule has 2 unspecified atom stereocenters. The lowest BCUT2D eigenvalue weighted by molar-refractivity contribution is 0.0758. The Morgan fingerprint density at radius 1 is 1.55 bits per heavy atom. The topological polar surface area (TPSA) is 32.7 Å². The van der Waals surface area contributed by atoms with Crippen LogP contribution in [-0.4, -0.2) is 53.9 Å². The molecular weight excluding hydrogens is 294 g/mol. The molecule has 0 aromatic heterocycles. The molecule has 1 N–H and O–H groups in total. The van der Waals surface area contributed by atoms with Crippen LogP contribution in [0.5, 0.6) is 5.75 Å². The molecule has 1 aromatic rings. The van der Waals surface area contributed by atoms with Crippen molar-refractivity contribution in [3.8, 4) is 5.75 Å². The number of halogens is 1. The Labute approximate surface area is 129 Å². The zero-order valence-corrected chi connectivity index (χ0v) is 13.2. The summed E-state index contributed by atoms with van der Waals surface area (Å²) in [5.74, 6) is 3.08. The van der Waals surface area contributed by atoms with Crippen LogP contribution in [0.15, 0.2) is 12.1 Å². The Morgan fingerprint density at radius 3 is 3.20 bits per heavy atom. The zero-order valence-electron chi connectivity index (χ0n) is 11.6. The van der Waals surface area contributed by atoms with Crippen molar-refractivity contribution in [1.29, 1.82) is 0 Å². The van der Waals surface area contributed by atoms with E-state index in [-0.39, 0.29) is 12.1 Å². The molecule has 0 saturated carbocycles. The summed E-state index contributed by atoms with van der Waals surface area (Å²) >= 11 is 8.09. The van der Waals surface area contributed by atoms with Gasteiger partial charge >= 0.3 is 0 Å². The lowest BCUT2D eigenvalue weighted by Gasteiger charge is -2.35. The average molecular weight is 314 g/mol. The van der Waals surface area contributed by atoms with Crippen molar-refractivity contribution in [3.63, 3.8) is 0 Å². The van der Waals surface area contributed by atoms with Gasteiger partial charge in [0.2, 0.25) is 0 Å². The van der Waals surface area contributed by atoms with Gasteiger partial charge in [0.05, 0.1) is 12.7 Å². The van der Waals surface area contributed by atoms with Crippen LogP contribution in [0, 0.1) is 0 Å². The molecule has 2 heterocycles. The molecule has 0 radical (unpaired) electrons. The largest absolute Gasteiger partial charge is 0.493 e. The molecule has 2 aliphatic heterocycles. The molecule has 3 rings (SSSR count). The van der Waals surface area contributed by atoms with Crippen LogP contribution >= 0.6 is 23.4 Å². The third-order valence-electron chi connectivity index (χ3n) is 4.14. The highest BCUT2D eigenvalue weighted by molar-refractivity contribution is 7.99. The van der Waals surface area contributed by atoms with Crippen molar-refractivity contribution in [3.05, 3.63) is 28.3 Å². The number of hydrogen-bond donors (Lipinski definition) is 1. The van der Waals surface area contributed by atoms with E-state index in [4.69, 9.17) is 16.3 Å². The highest BCUT2D eigenvalue weighted by Gasteiger charge is 2.28. The fraction of sp³-hybridized carbons (Fsp3) is 0.600. The summed E-state index contributed by atoms with van der Waals surface area (Å²) < 4.78 is 5.71. The van der Waals surface area contributed by atoms with Gasteiger partial charge in [0.1, 0.15) is 5.75 Å². The maximum atomic E-state index is 10.6. The predicted molar refractivity (Wildman–Crippen MR) is 84.1 cm³/mol. The highest BCUT2D eigenvalue weighted by Crippen LogP contribution is 2.34. The van der Waals surface area contributed by atoms with Gasteiger partial charge in [-0.2, -0.15) is 11.8 Å². The molecule has 5 heteroatoms. The number of thioether (sulfide) groups is 1. The number of hydrogen-bond acceptors (Lipinski definition) is 4. The van der Waals surface area contributed by atoms with Crippen LogP contribution in [0.1, 0.15) is 11.1 Å². The number of benzene rings is 1. The Kier molecular flexibility index (Phi) is 4.46. The molecular formula is C15H20ClNO2S. The van der Waals surface area contributed by atoms with Crippen molar-refractivity contribution in [2.45, 2.75) is 25.0 Å². The van der Waals surface area contributed by atoms with Crippen LogP contribution in [-0.2, 0) is 12.8 Å². The quantitative estimate of drug-likeness (QED) is 0.927. The summed E-state index contributed by atoms with van der Waals surface area (Å²) in [6.45, 7) is 1.76. The van der Waals surface area contributed by atoms with Crippen molar-refractivity contribution < 1.29 is 9.84 Å². The number of aliphatic hydroxyl groups is 1. The molecule has 0 bridgehead atoms. The van der Waals surface area contributed by atoms with E-state index in [9.17, 15) is 5.11 Å². The van der Waals surface area contributed by atoms with Crippen molar-refractivity contribution in [2.24, 2.45) is 0 Å². The standard InChI is InChI=1S/C15H20ClNO2S/c1-17-3-5-20-9-13(17)14(18)8-11-7-12(16)6-10-2-4-19-15(10)11/h6-7,13-14,18H,2-5,8-9H2,1H3. The molecule has 1 aromatic carbocycles. The maximum absolute atomic E-state index is 10.6. The molecule has 110 valence electrons. The second kappa shape index (κ2) is 6.14. The number of rotatable bonds is 3. The van der Waals surface area contributed by atoms with Gasteiger partial charge in [-0.15, -0.1) is 0 Å². The third-order valence-corrected chi connectivity index (χ3v) is 5.41. The summed E-state index contributed by atoms with van der Waals surface area (Å²) in [6.07, 6.45) is 1.15. The predicted octanol–water partition coefficient (Wildman–Crippen LogP) is 2.23. The minimum atomic E-state index is -0.375. The first-order valence-electron chi connectivity index (χ1n) is 7.05. The fourth-order valence-electron chi connectivity index (χ4n) is 2.97. The Bertz CT molecular complexity index is 497. The van der Waals surface area contributed by atoms with Crippen LogP contribution in [0.25, 0.3) is 0 Å². The van der Waals surface area contributed by atoms with Gasteiger partial charge in [-0.05, 0) is 30.3 Å². The van der Waals surface area contributed by atoms with Gasteiger partial charge < -0.3 is 9.84 Å². The van der Waals surface area contributed by atoms with E-state index >= 15 is 0 Å². The molecule has 2 atom stereocenters. The van der Waals surface area contributed by atoms with Gasteiger partial charge in [0.15, 0.2) is 0 Å². The van der Waals surface area contributed by atoms with E-state index in [0.717, 1.165) is 47.4 Å². The van der Waals surface area contributed by atoms with Crippen LogP contribution in [0.4, 0.5) is 0 Å². The third kappa shape index (κ3) is 2.93. The van der Waals surface area contributed by atoms with Crippen LogP contribution in [0.3, 0.4) is 0 Å². The first-order chi connectivity index (χ1) is 9.65. The first-order valence-corrected chi connectivity index (χ1v) is 8.58. The van der Waals surface area contributed by atoms with E-state index in [1.165, 1.54) is 5.56 Å². The normalized spacial score (nSPS) is 24.2. The van der Waals surface area contributed by atoms with Crippen molar-refractivity contribution in [1.82, 2.24) is 4.90 Å². The summed E-state index contributed by atoms with van der Waals surface area (Å²) in [5.41, 5.74) is 2.22.